The van der Waals surface area contributed by atoms with Gasteiger partial charge in [0.25, 0.3) is 11.8 Å². The van der Waals surface area contributed by atoms with E-state index in [1.807, 2.05) is 0 Å². The maximum absolute atomic E-state index is 14.0. The zero-order chi connectivity index (χ0) is 20.8. The Morgan fingerprint density at radius 3 is 2.41 bits per heavy atom. The first-order valence-corrected chi connectivity index (χ1v) is 9.75. The van der Waals surface area contributed by atoms with Crippen molar-refractivity contribution in [3.05, 3.63) is 64.4 Å². The highest BCUT2D eigenvalue weighted by molar-refractivity contribution is 6.33. The molecule has 29 heavy (non-hydrogen) atoms. The van der Waals surface area contributed by atoms with Crippen LogP contribution in [0.4, 0.5) is 4.39 Å². The van der Waals surface area contributed by atoms with Gasteiger partial charge in [0.2, 0.25) is 0 Å². The van der Waals surface area contributed by atoms with Crippen LogP contribution in [0.25, 0.3) is 0 Å². The summed E-state index contributed by atoms with van der Waals surface area (Å²) in [6, 6.07) is 11.1. The fourth-order valence-electron chi connectivity index (χ4n) is 3.21. The molecular formula is C21H23ClFN3O3. The first kappa shape index (κ1) is 21.1. The third kappa shape index (κ3) is 5.25. The smallest absolute Gasteiger partial charge is 0.258 e. The first-order chi connectivity index (χ1) is 14.0. The van der Waals surface area contributed by atoms with E-state index in [0.29, 0.717) is 50.6 Å². The molecule has 2 aromatic rings. The van der Waals surface area contributed by atoms with E-state index >= 15 is 0 Å². The molecule has 154 valence electrons. The molecule has 1 heterocycles. The summed E-state index contributed by atoms with van der Waals surface area (Å²) in [5.41, 5.74) is 0.498. The number of carbonyl (C=O) groups is 2. The molecule has 1 fully saturated rings. The van der Waals surface area contributed by atoms with Crippen molar-refractivity contribution in [2.75, 3.05) is 46.4 Å². The van der Waals surface area contributed by atoms with Crippen LogP contribution in [0.5, 0.6) is 5.75 Å². The Labute approximate surface area is 174 Å². The molecule has 1 aliphatic heterocycles. The molecule has 0 radical (unpaired) electrons. The van der Waals surface area contributed by atoms with Crippen LogP contribution in [0.15, 0.2) is 42.5 Å². The number of hydrogen-bond donors (Lipinski definition) is 1. The van der Waals surface area contributed by atoms with E-state index in [4.69, 9.17) is 16.3 Å². The van der Waals surface area contributed by atoms with Crippen LogP contribution in [-0.4, -0.2) is 68.0 Å². The summed E-state index contributed by atoms with van der Waals surface area (Å²) in [5.74, 6) is -0.437. The number of methoxy groups -OCH3 is 1. The topological polar surface area (TPSA) is 61.9 Å². The van der Waals surface area contributed by atoms with Crippen LogP contribution in [0.2, 0.25) is 5.02 Å². The predicted molar refractivity (Wildman–Crippen MR) is 109 cm³/mol. The molecule has 0 unspecified atom stereocenters. The van der Waals surface area contributed by atoms with Crippen molar-refractivity contribution in [2.24, 2.45) is 0 Å². The van der Waals surface area contributed by atoms with Crippen molar-refractivity contribution in [1.82, 2.24) is 15.1 Å². The lowest BCUT2D eigenvalue weighted by Crippen LogP contribution is -2.50. The molecule has 3 rings (SSSR count). The zero-order valence-electron chi connectivity index (χ0n) is 16.2. The van der Waals surface area contributed by atoms with Crippen LogP contribution in [0.1, 0.15) is 20.7 Å². The van der Waals surface area contributed by atoms with Crippen molar-refractivity contribution >= 4 is 23.4 Å². The molecule has 1 aliphatic rings. The summed E-state index contributed by atoms with van der Waals surface area (Å²) in [6.07, 6.45) is 0. The standard InChI is InChI=1S/C21H23ClFN3O3/c1-29-16-7-5-15(6-8-16)20(27)24-9-10-25-11-13-26(14-12-25)21(28)19-17(22)3-2-4-18(19)23/h2-8H,9-14H2,1H3,(H,24,27). The molecule has 1 N–H and O–H groups in total. The van der Waals surface area contributed by atoms with Gasteiger partial charge in [-0.15, -0.1) is 0 Å². The number of amides is 2. The minimum Gasteiger partial charge on any atom is -0.497 e. The van der Waals surface area contributed by atoms with Gasteiger partial charge >= 0.3 is 0 Å². The van der Waals surface area contributed by atoms with Gasteiger partial charge in [0.05, 0.1) is 17.7 Å². The lowest BCUT2D eigenvalue weighted by atomic mass is 10.1. The Morgan fingerprint density at radius 2 is 1.79 bits per heavy atom. The van der Waals surface area contributed by atoms with Crippen molar-refractivity contribution in [3.8, 4) is 5.75 Å². The minimum absolute atomic E-state index is 0.0747. The van der Waals surface area contributed by atoms with E-state index in [2.05, 4.69) is 10.2 Å². The second-order valence-electron chi connectivity index (χ2n) is 6.71. The monoisotopic (exact) mass is 419 g/mol. The number of nitrogens with zero attached hydrogens (tertiary/aromatic N) is 2. The fourth-order valence-corrected chi connectivity index (χ4v) is 3.45. The maximum atomic E-state index is 14.0. The van der Waals surface area contributed by atoms with Gasteiger partial charge in [-0.1, -0.05) is 17.7 Å². The molecule has 0 atom stereocenters. The molecule has 0 spiro atoms. The van der Waals surface area contributed by atoms with E-state index < -0.39 is 5.82 Å². The van der Waals surface area contributed by atoms with E-state index in [1.165, 1.54) is 18.2 Å². The second-order valence-corrected chi connectivity index (χ2v) is 7.12. The lowest BCUT2D eigenvalue weighted by molar-refractivity contribution is 0.0633. The van der Waals surface area contributed by atoms with Crippen LogP contribution < -0.4 is 10.1 Å². The van der Waals surface area contributed by atoms with Crippen molar-refractivity contribution in [1.29, 1.82) is 0 Å². The van der Waals surface area contributed by atoms with Crippen molar-refractivity contribution < 1.29 is 18.7 Å². The molecular weight excluding hydrogens is 397 g/mol. The molecule has 0 aliphatic carbocycles. The van der Waals surface area contributed by atoms with Crippen LogP contribution >= 0.6 is 11.6 Å². The normalized spacial score (nSPS) is 14.5. The minimum atomic E-state index is -0.605. The largest absolute Gasteiger partial charge is 0.497 e. The number of hydrogen-bond acceptors (Lipinski definition) is 4. The Kier molecular flexibility index (Phi) is 7.06. The predicted octanol–water partition coefficient (Wildman–Crippen LogP) is 2.68. The van der Waals surface area contributed by atoms with Gasteiger partial charge in [0.15, 0.2) is 0 Å². The summed E-state index contributed by atoms with van der Waals surface area (Å²) in [5, 5.41) is 3.01. The van der Waals surface area contributed by atoms with Gasteiger partial charge in [-0.2, -0.15) is 0 Å². The quantitative estimate of drug-likeness (QED) is 0.782. The number of benzene rings is 2. The van der Waals surface area contributed by atoms with E-state index in [9.17, 15) is 14.0 Å². The third-order valence-corrected chi connectivity index (χ3v) is 5.22. The van der Waals surface area contributed by atoms with Gasteiger partial charge in [-0.3, -0.25) is 14.5 Å². The molecule has 1 saturated heterocycles. The van der Waals surface area contributed by atoms with Crippen molar-refractivity contribution in [2.45, 2.75) is 0 Å². The van der Waals surface area contributed by atoms with Gasteiger partial charge in [-0.05, 0) is 36.4 Å². The summed E-state index contributed by atoms with van der Waals surface area (Å²) < 4.78 is 19.0. The molecule has 0 aromatic heterocycles. The summed E-state index contributed by atoms with van der Waals surface area (Å²) in [6.45, 7) is 3.43. The highest BCUT2D eigenvalue weighted by Crippen LogP contribution is 2.21. The Balaban J connectivity index is 1.44. The average Bonchev–Trinajstić information content (AvgIpc) is 2.74. The summed E-state index contributed by atoms with van der Waals surface area (Å²) in [4.78, 5) is 28.5. The Bertz CT molecular complexity index is 848. The van der Waals surface area contributed by atoms with Crippen LogP contribution in [0.3, 0.4) is 0 Å². The number of nitrogens with one attached hydrogen (secondary N) is 1. The second kappa shape index (κ2) is 9.71. The fraction of sp³-hybridized carbons (Fsp3) is 0.333. The average molecular weight is 420 g/mol. The molecule has 8 heteroatoms. The maximum Gasteiger partial charge on any atom is 0.258 e. The number of rotatable bonds is 6. The molecule has 0 saturated carbocycles. The highest BCUT2D eigenvalue weighted by atomic mass is 35.5. The Hall–Kier alpha value is -2.64. The van der Waals surface area contributed by atoms with Gasteiger partial charge in [0, 0.05) is 44.8 Å². The number of piperazine rings is 1. The van der Waals surface area contributed by atoms with Crippen LogP contribution in [0, 0.1) is 5.82 Å². The number of carbonyl (C=O) groups excluding carboxylic acids is 2. The lowest BCUT2D eigenvalue weighted by Gasteiger charge is -2.35. The zero-order valence-corrected chi connectivity index (χ0v) is 16.9. The van der Waals surface area contributed by atoms with Gasteiger partial charge < -0.3 is 15.0 Å². The summed E-state index contributed by atoms with van der Waals surface area (Å²) in [7, 11) is 1.58. The molecule has 0 bridgehead atoms. The third-order valence-electron chi connectivity index (χ3n) is 4.90. The van der Waals surface area contributed by atoms with E-state index in [0.717, 1.165) is 0 Å². The van der Waals surface area contributed by atoms with E-state index in [1.54, 1.807) is 36.3 Å². The van der Waals surface area contributed by atoms with Crippen LogP contribution in [-0.2, 0) is 0 Å². The Morgan fingerprint density at radius 1 is 1.10 bits per heavy atom. The number of ether oxygens (including phenoxy) is 1. The first-order valence-electron chi connectivity index (χ1n) is 9.37. The number of halogens is 2. The molecule has 2 amide bonds. The summed E-state index contributed by atoms with van der Waals surface area (Å²) >= 11 is 5.99. The van der Waals surface area contributed by atoms with Gasteiger partial charge in [0.1, 0.15) is 11.6 Å². The molecule has 2 aromatic carbocycles. The van der Waals surface area contributed by atoms with Gasteiger partial charge in [-0.25, -0.2) is 4.39 Å². The van der Waals surface area contributed by atoms with Crippen molar-refractivity contribution in [3.63, 3.8) is 0 Å². The highest BCUT2D eigenvalue weighted by Gasteiger charge is 2.25. The van der Waals surface area contributed by atoms with E-state index in [-0.39, 0.29) is 22.4 Å². The SMILES string of the molecule is COc1ccc(C(=O)NCCN2CCN(C(=O)c3c(F)cccc3Cl)CC2)cc1. The molecule has 6 nitrogen and oxygen atoms in total.